The van der Waals surface area contributed by atoms with Crippen molar-refractivity contribution in [1.82, 2.24) is 19.6 Å². The largest absolute Gasteiger partial charge is 0.467 e. The first-order chi connectivity index (χ1) is 17.6. The number of H-pyrrole nitrogens is 2. The summed E-state index contributed by atoms with van der Waals surface area (Å²) in [5.74, 6) is 0.587. The molecule has 5 aromatic rings. The van der Waals surface area contributed by atoms with Gasteiger partial charge in [0.25, 0.3) is 5.56 Å². The molecule has 182 valence electrons. The van der Waals surface area contributed by atoms with Crippen molar-refractivity contribution < 1.29 is 9.21 Å². The molecule has 0 saturated carbocycles. The second-order valence-electron chi connectivity index (χ2n) is 8.03. The second-order valence-corrected chi connectivity index (χ2v) is 9.98. The van der Waals surface area contributed by atoms with Crippen LogP contribution < -0.4 is 16.0 Å². The van der Waals surface area contributed by atoms with E-state index in [4.69, 9.17) is 4.42 Å². The van der Waals surface area contributed by atoms with Crippen molar-refractivity contribution in [2.24, 2.45) is 0 Å². The number of carbonyl (C=O) groups is 1. The van der Waals surface area contributed by atoms with Crippen molar-refractivity contribution in [2.45, 2.75) is 24.0 Å². The van der Waals surface area contributed by atoms with E-state index in [2.05, 4.69) is 14.7 Å². The average molecular weight is 519 g/mol. The summed E-state index contributed by atoms with van der Waals surface area (Å²) in [5, 5.41) is 2.35. The van der Waals surface area contributed by atoms with E-state index >= 15 is 0 Å². The third-order valence-electron chi connectivity index (χ3n) is 5.55. The molecule has 3 heterocycles. The molecule has 10 heteroatoms. The Bertz CT molecular complexity index is 1530. The van der Waals surface area contributed by atoms with E-state index in [1.807, 2.05) is 53.9 Å². The summed E-state index contributed by atoms with van der Waals surface area (Å²) in [6, 6.07) is 21.6. The zero-order valence-electron chi connectivity index (χ0n) is 19.0. The first-order valence-corrected chi connectivity index (χ1v) is 12.8. The third-order valence-corrected chi connectivity index (χ3v) is 7.26. The predicted octanol–water partition coefficient (Wildman–Crippen LogP) is 4.44. The number of nitrogens with zero attached hydrogens (tertiary/aromatic N) is 1. The summed E-state index contributed by atoms with van der Waals surface area (Å²) in [7, 11) is 0. The van der Waals surface area contributed by atoms with Crippen LogP contribution in [0.5, 0.6) is 0 Å². The van der Waals surface area contributed by atoms with E-state index < -0.39 is 17.3 Å². The van der Waals surface area contributed by atoms with Crippen molar-refractivity contribution in [3.63, 3.8) is 0 Å². The number of fused-ring (bicyclic) bond motifs is 1. The van der Waals surface area contributed by atoms with Gasteiger partial charge in [-0.25, -0.2) is 9.52 Å². The van der Waals surface area contributed by atoms with Gasteiger partial charge >= 0.3 is 5.69 Å². The maximum absolute atomic E-state index is 13.9. The van der Waals surface area contributed by atoms with E-state index in [0.717, 1.165) is 15.3 Å². The molecule has 2 aromatic carbocycles. The Hall–Kier alpha value is -3.86. The molecule has 1 atom stereocenters. The maximum Gasteiger partial charge on any atom is 0.326 e. The van der Waals surface area contributed by atoms with Crippen LogP contribution in [0.3, 0.4) is 0 Å². The molecule has 3 N–H and O–H groups in total. The lowest BCUT2D eigenvalue weighted by atomic mass is 10.1. The molecular formula is C26H22N4O4S2. The summed E-state index contributed by atoms with van der Waals surface area (Å²) in [4.78, 5) is 46.1. The fourth-order valence-electron chi connectivity index (χ4n) is 3.82. The van der Waals surface area contributed by atoms with E-state index in [1.165, 1.54) is 11.9 Å². The summed E-state index contributed by atoms with van der Waals surface area (Å²) in [5.41, 5.74) is 0.244. The van der Waals surface area contributed by atoms with Crippen LogP contribution in [-0.2, 0) is 17.9 Å². The van der Waals surface area contributed by atoms with Gasteiger partial charge in [0.1, 0.15) is 11.8 Å². The van der Waals surface area contributed by atoms with Crippen molar-refractivity contribution in [1.29, 1.82) is 0 Å². The normalized spacial score (nSPS) is 12.0. The number of aromatic nitrogens is 2. The van der Waals surface area contributed by atoms with E-state index in [1.54, 1.807) is 46.8 Å². The van der Waals surface area contributed by atoms with Gasteiger partial charge in [-0.05, 0) is 59.3 Å². The van der Waals surface area contributed by atoms with Crippen LogP contribution in [0.2, 0.25) is 0 Å². The summed E-state index contributed by atoms with van der Waals surface area (Å²) in [6.07, 6.45) is 1.60. The van der Waals surface area contributed by atoms with Crippen LogP contribution in [0.1, 0.15) is 22.2 Å². The van der Waals surface area contributed by atoms with Crippen LogP contribution >= 0.6 is 23.3 Å². The molecular weight excluding hydrogens is 496 g/mol. The van der Waals surface area contributed by atoms with Crippen LogP contribution in [0.25, 0.3) is 10.9 Å². The van der Waals surface area contributed by atoms with Crippen molar-refractivity contribution >= 4 is 40.1 Å². The lowest BCUT2D eigenvalue weighted by Crippen LogP contribution is -2.38. The average Bonchev–Trinajstić information content (AvgIpc) is 3.59. The minimum atomic E-state index is -0.657. The highest BCUT2D eigenvalue weighted by molar-refractivity contribution is 7.97. The van der Waals surface area contributed by atoms with Crippen molar-refractivity contribution in [3.05, 3.63) is 121 Å². The third kappa shape index (κ3) is 5.51. The highest BCUT2D eigenvalue weighted by Crippen LogP contribution is 2.26. The molecule has 0 fully saturated rings. The standard InChI is InChI=1S/C26H22N4O4S2/c31-24-21-14-19(10-11-22(21)27-26(33)28-24)36-29-23(17-6-2-1-3-7-17)25(32)30(15-18-8-4-12-34-18)16-20-9-5-13-35-20/h1-14,23,29H,15-16H2,(H2,27,28,31,33)/t23-/m0/s1. The van der Waals surface area contributed by atoms with E-state index in [9.17, 15) is 14.4 Å². The van der Waals surface area contributed by atoms with Crippen LogP contribution in [0, 0.1) is 0 Å². The number of furan rings is 1. The number of hydrogen-bond acceptors (Lipinski definition) is 7. The van der Waals surface area contributed by atoms with Gasteiger partial charge < -0.3 is 14.3 Å². The molecule has 5 rings (SSSR count). The quantitative estimate of drug-likeness (QED) is 0.249. The highest BCUT2D eigenvalue weighted by atomic mass is 32.2. The minimum absolute atomic E-state index is 0.110. The van der Waals surface area contributed by atoms with Gasteiger partial charge in [0.05, 0.1) is 30.3 Å². The fourth-order valence-corrected chi connectivity index (χ4v) is 5.34. The number of aromatic amines is 2. The number of nitrogens with one attached hydrogen (secondary N) is 3. The highest BCUT2D eigenvalue weighted by Gasteiger charge is 2.27. The Labute approximate surface area is 214 Å². The van der Waals surface area contributed by atoms with Crippen LogP contribution in [0.4, 0.5) is 0 Å². The molecule has 3 aromatic heterocycles. The SMILES string of the molecule is O=C([C@@H](NSc1ccc2[nH]c(=O)[nH]c(=O)c2c1)c1ccccc1)N(Cc1ccco1)Cc1cccs1. The Morgan fingerprint density at radius 2 is 1.86 bits per heavy atom. The number of carbonyl (C=O) groups excluding carboxylic acids is 1. The number of rotatable bonds is 9. The molecule has 36 heavy (non-hydrogen) atoms. The predicted molar refractivity (Wildman–Crippen MR) is 141 cm³/mol. The van der Waals surface area contributed by atoms with Crippen molar-refractivity contribution in [2.75, 3.05) is 0 Å². The first kappa shape index (κ1) is 23.9. The minimum Gasteiger partial charge on any atom is -0.467 e. The molecule has 0 aliphatic carbocycles. The molecule has 0 unspecified atom stereocenters. The Kier molecular flexibility index (Phi) is 7.17. The van der Waals surface area contributed by atoms with Gasteiger partial charge in [-0.1, -0.05) is 36.4 Å². The zero-order valence-corrected chi connectivity index (χ0v) is 20.6. The van der Waals surface area contributed by atoms with Gasteiger partial charge in [-0.15, -0.1) is 11.3 Å². The van der Waals surface area contributed by atoms with Gasteiger partial charge in [0.15, 0.2) is 0 Å². The molecule has 0 bridgehead atoms. The molecule has 0 aliphatic heterocycles. The van der Waals surface area contributed by atoms with Crippen LogP contribution in [0.15, 0.2) is 103 Å². The number of benzene rings is 2. The topological polar surface area (TPSA) is 111 Å². The maximum atomic E-state index is 13.9. The molecule has 0 spiro atoms. The Morgan fingerprint density at radius 3 is 2.61 bits per heavy atom. The summed E-state index contributed by atoms with van der Waals surface area (Å²) < 4.78 is 8.84. The number of amides is 1. The van der Waals surface area contributed by atoms with Gasteiger partial charge in [-0.3, -0.25) is 14.6 Å². The molecule has 0 saturated heterocycles. The van der Waals surface area contributed by atoms with Crippen molar-refractivity contribution in [3.8, 4) is 0 Å². The summed E-state index contributed by atoms with van der Waals surface area (Å²) >= 11 is 2.84. The van der Waals surface area contributed by atoms with Gasteiger partial charge in [0, 0.05) is 9.77 Å². The van der Waals surface area contributed by atoms with Gasteiger partial charge in [-0.2, -0.15) is 0 Å². The molecule has 1 amide bonds. The van der Waals surface area contributed by atoms with Gasteiger partial charge in [0.2, 0.25) is 5.91 Å². The molecule has 0 radical (unpaired) electrons. The van der Waals surface area contributed by atoms with E-state index in [-0.39, 0.29) is 5.91 Å². The van der Waals surface area contributed by atoms with E-state index in [0.29, 0.717) is 29.8 Å². The molecule has 0 aliphatic rings. The smallest absolute Gasteiger partial charge is 0.326 e. The molecule has 8 nitrogen and oxygen atoms in total. The second kappa shape index (κ2) is 10.8. The number of hydrogen-bond donors (Lipinski definition) is 3. The fraction of sp³-hybridized carbons (Fsp3) is 0.115. The zero-order chi connectivity index (χ0) is 24.9. The van der Waals surface area contributed by atoms with Crippen LogP contribution in [-0.4, -0.2) is 20.8 Å². The monoisotopic (exact) mass is 518 g/mol. The Balaban J connectivity index is 1.43. The number of thiophene rings is 1. The first-order valence-electron chi connectivity index (χ1n) is 11.1. The summed E-state index contributed by atoms with van der Waals surface area (Å²) in [6.45, 7) is 0.781. The lowest BCUT2D eigenvalue weighted by molar-refractivity contribution is -0.134. The Morgan fingerprint density at radius 1 is 1.00 bits per heavy atom. The lowest BCUT2D eigenvalue weighted by Gasteiger charge is -2.27.